The van der Waals surface area contributed by atoms with Crippen LogP contribution in [0.2, 0.25) is 0 Å². The highest BCUT2D eigenvalue weighted by atomic mass is 19.4. The van der Waals surface area contributed by atoms with E-state index >= 15 is 0 Å². The van der Waals surface area contributed by atoms with Gasteiger partial charge in [-0.05, 0) is 54.6 Å². The number of aromatic carboxylic acids is 1. The molecule has 0 aliphatic rings. The fraction of sp³-hybridized carbons (Fsp3) is 0.0417. The summed E-state index contributed by atoms with van der Waals surface area (Å²) in [4.78, 5) is 19.7. The van der Waals surface area contributed by atoms with Crippen LogP contribution in [0.15, 0.2) is 89.2 Å². The van der Waals surface area contributed by atoms with E-state index in [4.69, 9.17) is 5.11 Å². The molecule has 0 saturated carbocycles. The molecule has 0 aliphatic heterocycles. The Bertz CT molecular complexity index is 1410. The molecular formula is C24H16F3N5O3. The van der Waals surface area contributed by atoms with Crippen LogP contribution in [-0.4, -0.2) is 26.2 Å². The second kappa shape index (κ2) is 9.59. The molecule has 3 N–H and O–H groups in total. The number of carboxylic acids is 1. The maximum atomic E-state index is 12.8. The van der Waals surface area contributed by atoms with Gasteiger partial charge in [0.25, 0.3) is 0 Å². The minimum Gasteiger partial charge on any atom is -0.507 e. The second-order valence-corrected chi connectivity index (χ2v) is 7.19. The number of phenols is 1. The first kappa shape index (κ1) is 23.4. The minimum absolute atomic E-state index is 0.165. The molecule has 0 amide bonds. The van der Waals surface area contributed by atoms with E-state index in [0.717, 1.165) is 12.1 Å². The van der Waals surface area contributed by atoms with Gasteiger partial charge >= 0.3 is 12.1 Å². The summed E-state index contributed by atoms with van der Waals surface area (Å²) in [6.45, 7) is 0. The Kier molecular flexibility index (Phi) is 6.40. The molecule has 35 heavy (non-hydrogen) atoms. The van der Waals surface area contributed by atoms with E-state index in [9.17, 15) is 23.1 Å². The number of nitrogens with zero attached hydrogens (tertiary/aromatic N) is 4. The van der Waals surface area contributed by atoms with Crippen molar-refractivity contribution in [3.05, 3.63) is 90.1 Å². The summed E-state index contributed by atoms with van der Waals surface area (Å²) in [6.07, 6.45) is -2.94. The highest BCUT2D eigenvalue weighted by molar-refractivity contribution is 5.91. The maximum absolute atomic E-state index is 12.8. The lowest BCUT2D eigenvalue weighted by Crippen LogP contribution is -2.04. The summed E-state index contributed by atoms with van der Waals surface area (Å²) in [6, 6.07) is 16.9. The fourth-order valence-electron chi connectivity index (χ4n) is 3.09. The fourth-order valence-corrected chi connectivity index (χ4v) is 3.09. The normalized spacial score (nSPS) is 11.5. The van der Waals surface area contributed by atoms with Crippen molar-refractivity contribution in [2.24, 2.45) is 10.2 Å². The van der Waals surface area contributed by atoms with Gasteiger partial charge in [-0.25, -0.2) is 14.8 Å². The number of halogens is 3. The van der Waals surface area contributed by atoms with Crippen LogP contribution in [0.25, 0.3) is 11.3 Å². The molecular weight excluding hydrogens is 463 g/mol. The first-order chi connectivity index (χ1) is 16.7. The Hall–Kier alpha value is -4.80. The number of carboxylic acid groups (broad SMARTS) is 1. The van der Waals surface area contributed by atoms with Gasteiger partial charge < -0.3 is 15.5 Å². The number of carbonyl (C=O) groups is 1. The van der Waals surface area contributed by atoms with Gasteiger partial charge in [-0.2, -0.15) is 18.3 Å². The number of hydrogen-bond donors (Lipinski definition) is 3. The Morgan fingerprint density at radius 2 is 1.69 bits per heavy atom. The zero-order chi connectivity index (χ0) is 25.0. The summed E-state index contributed by atoms with van der Waals surface area (Å²) < 4.78 is 38.3. The van der Waals surface area contributed by atoms with Gasteiger partial charge in [0.15, 0.2) is 0 Å². The molecule has 3 aromatic carbocycles. The third-order valence-electron chi connectivity index (χ3n) is 4.79. The number of aromatic hydroxyl groups is 1. The number of nitrogens with one attached hydrogen (secondary N) is 1. The summed E-state index contributed by atoms with van der Waals surface area (Å²) in [5.74, 6) is -1.52. The first-order valence-corrected chi connectivity index (χ1v) is 10.1. The van der Waals surface area contributed by atoms with Crippen molar-refractivity contribution in [2.75, 3.05) is 5.32 Å². The van der Waals surface area contributed by atoms with Crippen molar-refractivity contribution in [3.8, 4) is 17.0 Å². The zero-order valence-corrected chi connectivity index (χ0v) is 17.7. The van der Waals surface area contributed by atoms with E-state index in [1.165, 1.54) is 36.5 Å². The molecule has 0 aliphatic carbocycles. The molecule has 0 spiro atoms. The van der Waals surface area contributed by atoms with Crippen molar-refractivity contribution >= 4 is 29.0 Å². The van der Waals surface area contributed by atoms with Crippen molar-refractivity contribution in [2.45, 2.75) is 6.18 Å². The smallest absolute Gasteiger partial charge is 0.416 e. The molecule has 0 radical (unpaired) electrons. The average molecular weight is 479 g/mol. The number of benzene rings is 3. The van der Waals surface area contributed by atoms with Crippen molar-refractivity contribution in [3.63, 3.8) is 0 Å². The van der Waals surface area contributed by atoms with E-state index < -0.39 is 17.7 Å². The number of rotatable bonds is 6. The zero-order valence-electron chi connectivity index (χ0n) is 17.7. The molecule has 0 bridgehead atoms. The standard InChI is InChI=1S/C24H16F3N5O3/c25-24(26,27)14-5-7-15(8-6-14)29-23-28-12-11-19(30-23)17-3-1-2-4-20(17)32-31-16-9-10-21(33)18(13-16)22(34)35/h1-13,33H,(H,34,35)(H,28,29,30). The van der Waals surface area contributed by atoms with Gasteiger partial charge in [-0.3, -0.25) is 0 Å². The molecule has 0 unspecified atom stereocenters. The van der Waals surface area contributed by atoms with Crippen LogP contribution in [0.4, 0.5) is 36.2 Å². The van der Waals surface area contributed by atoms with Crippen LogP contribution in [0.5, 0.6) is 5.75 Å². The Labute approximate surface area is 196 Å². The van der Waals surface area contributed by atoms with E-state index in [2.05, 4.69) is 25.5 Å². The van der Waals surface area contributed by atoms with Crippen LogP contribution in [0, 0.1) is 0 Å². The van der Waals surface area contributed by atoms with Gasteiger partial charge in [0.05, 0.1) is 22.6 Å². The van der Waals surface area contributed by atoms with E-state index in [1.54, 1.807) is 30.3 Å². The largest absolute Gasteiger partial charge is 0.507 e. The highest BCUT2D eigenvalue weighted by Gasteiger charge is 2.29. The monoisotopic (exact) mass is 479 g/mol. The summed E-state index contributed by atoms with van der Waals surface area (Å²) >= 11 is 0. The van der Waals surface area contributed by atoms with E-state index in [-0.39, 0.29) is 22.9 Å². The lowest BCUT2D eigenvalue weighted by Gasteiger charge is -2.10. The molecule has 11 heteroatoms. The maximum Gasteiger partial charge on any atom is 0.416 e. The number of aromatic nitrogens is 2. The Balaban J connectivity index is 1.59. The third kappa shape index (κ3) is 5.58. The number of anilines is 2. The second-order valence-electron chi connectivity index (χ2n) is 7.19. The molecule has 4 aromatic rings. The van der Waals surface area contributed by atoms with Crippen LogP contribution in [0.1, 0.15) is 15.9 Å². The minimum atomic E-state index is -4.43. The Morgan fingerprint density at radius 1 is 0.943 bits per heavy atom. The molecule has 176 valence electrons. The number of alkyl halides is 3. The van der Waals surface area contributed by atoms with Gasteiger partial charge in [0.2, 0.25) is 5.95 Å². The van der Waals surface area contributed by atoms with Crippen LogP contribution in [-0.2, 0) is 6.18 Å². The van der Waals surface area contributed by atoms with Crippen molar-refractivity contribution in [1.82, 2.24) is 9.97 Å². The topological polar surface area (TPSA) is 120 Å². The van der Waals surface area contributed by atoms with Gasteiger partial charge in [0.1, 0.15) is 11.3 Å². The van der Waals surface area contributed by atoms with Crippen LogP contribution >= 0.6 is 0 Å². The predicted molar refractivity (Wildman–Crippen MR) is 121 cm³/mol. The molecule has 4 rings (SSSR count). The molecule has 0 fully saturated rings. The number of azo groups is 1. The molecule has 1 heterocycles. The van der Waals surface area contributed by atoms with Crippen molar-refractivity contribution < 1.29 is 28.2 Å². The molecule has 1 aromatic heterocycles. The average Bonchev–Trinajstić information content (AvgIpc) is 2.83. The molecule has 0 atom stereocenters. The highest BCUT2D eigenvalue weighted by Crippen LogP contribution is 2.33. The third-order valence-corrected chi connectivity index (χ3v) is 4.79. The predicted octanol–water partition coefficient (Wildman–Crippen LogP) is 6.73. The van der Waals surface area contributed by atoms with Crippen molar-refractivity contribution in [1.29, 1.82) is 0 Å². The Morgan fingerprint density at radius 3 is 2.40 bits per heavy atom. The SMILES string of the molecule is O=C(O)c1cc(N=Nc2ccccc2-c2ccnc(Nc3ccc(C(F)(F)F)cc3)n2)ccc1O. The number of hydrogen-bond acceptors (Lipinski definition) is 7. The summed E-state index contributed by atoms with van der Waals surface area (Å²) in [7, 11) is 0. The lowest BCUT2D eigenvalue weighted by molar-refractivity contribution is -0.137. The first-order valence-electron chi connectivity index (χ1n) is 10.1. The summed E-state index contributed by atoms with van der Waals surface area (Å²) in [5.41, 5.74) is 1.03. The van der Waals surface area contributed by atoms with E-state index in [0.29, 0.717) is 22.6 Å². The van der Waals surface area contributed by atoms with Crippen LogP contribution in [0.3, 0.4) is 0 Å². The lowest BCUT2D eigenvalue weighted by atomic mass is 10.1. The van der Waals surface area contributed by atoms with Crippen LogP contribution < -0.4 is 5.32 Å². The van der Waals surface area contributed by atoms with Gasteiger partial charge in [0, 0.05) is 17.4 Å². The van der Waals surface area contributed by atoms with Gasteiger partial charge in [-0.15, -0.1) is 5.11 Å². The molecule has 0 saturated heterocycles. The molecule has 8 nitrogen and oxygen atoms in total. The van der Waals surface area contributed by atoms with E-state index in [1.807, 2.05) is 0 Å². The summed E-state index contributed by atoms with van der Waals surface area (Å²) in [5, 5.41) is 29.9. The van der Waals surface area contributed by atoms with Gasteiger partial charge in [-0.1, -0.05) is 18.2 Å². The quantitative estimate of drug-likeness (QED) is 0.264.